The molecule has 0 atom stereocenters. The summed E-state index contributed by atoms with van der Waals surface area (Å²) in [4.78, 5) is 17.6. The molecule has 6 heteroatoms. The zero-order valence-corrected chi connectivity index (χ0v) is 11.4. The van der Waals surface area contributed by atoms with Gasteiger partial charge in [-0.25, -0.2) is 8.78 Å². The lowest BCUT2D eigenvalue weighted by atomic mass is 10.1. The van der Waals surface area contributed by atoms with E-state index in [1.54, 1.807) is 24.4 Å². The number of alkyl halides is 3. The fourth-order valence-electron chi connectivity index (χ4n) is 1.99. The molecular weight excluding hydrogens is 286 g/mol. The third-order valence-corrected chi connectivity index (χ3v) is 3.03. The van der Waals surface area contributed by atoms with Gasteiger partial charge in [-0.05, 0) is 12.1 Å². The van der Waals surface area contributed by atoms with Crippen LogP contribution in [0.3, 0.4) is 0 Å². The number of pyridine rings is 1. The predicted octanol–water partition coefficient (Wildman–Crippen LogP) is 3.18. The van der Waals surface area contributed by atoms with E-state index >= 15 is 0 Å². The molecule has 0 fully saturated rings. The highest BCUT2D eigenvalue weighted by Crippen LogP contribution is 2.18. The molecule has 3 nitrogen and oxygen atoms in total. The van der Waals surface area contributed by atoms with Gasteiger partial charge in [-0.3, -0.25) is 9.78 Å². The molecular formula is C14H13ClF2N2O. The van der Waals surface area contributed by atoms with Crippen molar-refractivity contribution in [3.05, 3.63) is 42.1 Å². The average Bonchev–Trinajstić information content (AvgIpc) is 2.45. The van der Waals surface area contributed by atoms with Gasteiger partial charge in [0.05, 0.1) is 17.6 Å². The number of halogens is 3. The van der Waals surface area contributed by atoms with E-state index in [0.29, 0.717) is 11.1 Å². The molecule has 0 aliphatic rings. The van der Waals surface area contributed by atoms with Gasteiger partial charge in [0.2, 0.25) is 0 Å². The maximum Gasteiger partial charge on any atom is 0.256 e. The van der Waals surface area contributed by atoms with E-state index in [0.717, 1.165) is 10.3 Å². The highest BCUT2D eigenvalue weighted by molar-refractivity contribution is 6.18. The van der Waals surface area contributed by atoms with Crippen molar-refractivity contribution in [3.63, 3.8) is 0 Å². The number of benzene rings is 1. The first-order valence-corrected chi connectivity index (χ1v) is 6.64. The summed E-state index contributed by atoms with van der Waals surface area (Å²) < 4.78 is 25.1. The number of rotatable bonds is 5. The summed E-state index contributed by atoms with van der Waals surface area (Å²) in [7, 11) is 0. The molecule has 0 N–H and O–H groups in total. The van der Waals surface area contributed by atoms with Gasteiger partial charge < -0.3 is 4.90 Å². The minimum absolute atomic E-state index is 0.0773. The summed E-state index contributed by atoms with van der Waals surface area (Å²) in [6.45, 7) is -0.553. The van der Waals surface area contributed by atoms with Crippen LogP contribution in [0.4, 0.5) is 8.78 Å². The molecule has 1 aromatic carbocycles. The molecule has 1 amide bonds. The average molecular weight is 299 g/mol. The normalized spacial score (nSPS) is 11.0. The van der Waals surface area contributed by atoms with Crippen molar-refractivity contribution >= 4 is 28.4 Å². The van der Waals surface area contributed by atoms with Crippen molar-refractivity contribution in [2.75, 3.05) is 19.0 Å². The highest BCUT2D eigenvalue weighted by atomic mass is 35.5. The first-order valence-electron chi connectivity index (χ1n) is 6.10. The molecule has 0 aliphatic heterocycles. The molecule has 106 valence electrons. The van der Waals surface area contributed by atoms with E-state index in [4.69, 9.17) is 11.6 Å². The maximum atomic E-state index is 12.5. The molecule has 0 radical (unpaired) electrons. The zero-order valence-electron chi connectivity index (χ0n) is 10.6. The van der Waals surface area contributed by atoms with E-state index in [-0.39, 0.29) is 12.4 Å². The fourth-order valence-corrected chi connectivity index (χ4v) is 2.20. The Morgan fingerprint density at radius 3 is 2.75 bits per heavy atom. The van der Waals surface area contributed by atoms with Crippen molar-refractivity contribution in [2.45, 2.75) is 6.43 Å². The number of fused-ring (bicyclic) bond motifs is 1. The van der Waals surface area contributed by atoms with Gasteiger partial charge in [0.25, 0.3) is 12.3 Å². The Morgan fingerprint density at radius 1 is 1.30 bits per heavy atom. The molecule has 0 unspecified atom stereocenters. The summed E-state index contributed by atoms with van der Waals surface area (Å²) in [5.74, 6) is -0.369. The molecule has 20 heavy (non-hydrogen) atoms. The molecule has 0 bridgehead atoms. The Kier molecular flexibility index (Phi) is 4.84. The van der Waals surface area contributed by atoms with E-state index in [1.807, 2.05) is 12.1 Å². The number of aromatic nitrogens is 1. The van der Waals surface area contributed by atoms with Gasteiger partial charge in [0.1, 0.15) is 0 Å². The number of carbonyl (C=O) groups excluding carboxylic acids is 1. The van der Waals surface area contributed by atoms with Crippen LogP contribution in [0.1, 0.15) is 10.4 Å². The van der Waals surface area contributed by atoms with Crippen molar-refractivity contribution in [2.24, 2.45) is 0 Å². The first-order chi connectivity index (χ1) is 9.63. The summed E-state index contributed by atoms with van der Waals surface area (Å²) in [5, 5.41) is 0.793. The van der Waals surface area contributed by atoms with Gasteiger partial charge in [0, 0.05) is 24.0 Å². The zero-order chi connectivity index (χ0) is 14.5. The van der Waals surface area contributed by atoms with Crippen molar-refractivity contribution in [3.8, 4) is 0 Å². The number of hydrogen-bond acceptors (Lipinski definition) is 2. The van der Waals surface area contributed by atoms with Crippen molar-refractivity contribution in [1.82, 2.24) is 9.88 Å². The molecule has 1 aromatic heterocycles. The minimum Gasteiger partial charge on any atom is -0.332 e. The molecule has 2 rings (SSSR count). The topological polar surface area (TPSA) is 33.2 Å². The number of hydrogen-bond donors (Lipinski definition) is 0. The number of nitrogens with zero attached hydrogens (tertiary/aromatic N) is 2. The Bertz CT molecular complexity index is 601. The van der Waals surface area contributed by atoms with E-state index < -0.39 is 18.9 Å². The second kappa shape index (κ2) is 6.61. The summed E-state index contributed by atoms with van der Waals surface area (Å²) in [5.41, 5.74) is 0.822. The first kappa shape index (κ1) is 14.7. The third kappa shape index (κ3) is 3.22. The lowest BCUT2D eigenvalue weighted by Gasteiger charge is -2.21. The van der Waals surface area contributed by atoms with Gasteiger partial charge in [-0.2, -0.15) is 0 Å². The van der Waals surface area contributed by atoms with Gasteiger partial charge in [-0.15, -0.1) is 11.6 Å². The standard InChI is InChI=1S/C14H13ClF2N2O/c15-6-8-19(9-12(16)17)14(20)11-5-1-3-10-4-2-7-18-13(10)11/h1-5,7,12H,6,8-9H2. The third-order valence-electron chi connectivity index (χ3n) is 2.86. The van der Waals surface area contributed by atoms with Gasteiger partial charge >= 0.3 is 0 Å². The smallest absolute Gasteiger partial charge is 0.256 e. The molecule has 0 spiro atoms. The van der Waals surface area contributed by atoms with Crippen LogP contribution in [0.5, 0.6) is 0 Å². The molecule has 0 saturated carbocycles. The van der Waals surface area contributed by atoms with Crippen LogP contribution in [0, 0.1) is 0 Å². The quantitative estimate of drug-likeness (QED) is 0.794. The molecule has 1 heterocycles. The molecule has 0 aliphatic carbocycles. The van der Waals surface area contributed by atoms with Crippen LogP contribution in [0.2, 0.25) is 0 Å². The second-order valence-electron chi connectivity index (χ2n) is 4.21. The van der Waals surface area contributed by atoms with Crippen LogP contribution < -0.4 is 0 Å². The number of carbonyl (C=O) groups is 1. The summed E-state index contributed by atoms with van der Waals surface area (Å²) in [6.07, 6.45) is -1.02. The molecule has 2 aromatic rings. The van der Waals surface area contributed by atoms with Crippen LogP contribution in [-0.2, 0) is 0 Å². The molecule has 0 saturated heterocycles. The Morgan fingerprint density at radius 2 is 2.05 bits per heavy atom. The van der Waals surface area contributed by atoms with Crippen molar-refractivity contribution in [1.29, 1.82) is 0 Å². The monoisotopic (exact) mass is 298 g/mol. The number of para-hydroxylation sites is 1. The summed E-state index contributed by atoms with van der Waals surface area (Å²) in [6, 6.07) is 8.69. The lowest BCUT2D eigenvalue weighted by molar-refractivity contribution is 0.0572. The van der Waals surface area contributed by atoms with Crippen LogP contribution >= 0.6 is 11.6 Å². The second-order valence-corrected chi connectivity index (χ2v) is 4.59. The van der Waals surface area contributed by atoms with Crippen LogP contribution in [0.15, 0.2) is 36.5 Å². The largest absolute Gasteiger partial charge is 0.332 e. The number of amides is 1. The highest BCUT2D eigenvalue weighted by Gasteiger charge is 2.21. The minimum atomic E-state index is -2.59. The van der Waals surface area contributed by atoms with Gasteiger partial charge in [0.15, 0.2) is 0 Å². The predicted molar refractivity (Wildman–Crippen MR) is 74.4 cm³/mol. The lowest BCUT2D eigenvalue weighted by Crippen LogP contribution is -2.36. The Hall–Kier alpha value is -1.75. The fraction of sp³-hybridized carbons (Fsp3) is 0.286. The van der Waals surface area contributed by atoms with Crippen LogP contribution in [0.25, 0.3) is 10.9 Å². The van der Waals surface area contributed by atoms with E-state index in [2.05, 4.69) is 4.98 Å². The van der Waals surface area contributed by atoms with Gasteiger partial charge in [-0.1, -0.05) is 18.2 Å². The van der Waals surface area contributed by atoms with E-state index in [9.17, 15) is 13.6 Å². The van der Waals surface area contributed by atoms with Crippen LogP contribution in [-0.4, -0.2) is 41.2 Å². The summed E-state index contributed by atoms with van der Waals surface area (Å²) >= 11 is 5.58. The Balaban J connectivity index is 2.38. The SMILES string of the molecule is O=C(c1cccc2cccnc12)N(CCCl)CC(F)F. The Labute approximate surface area is 120 Å². The maximum absolute atomic E-state index is 12.5. The van der Waals surface area contributed by atoms with Crippen molar-refractivity contribution < 1.29 is 13.6 Å². The van der Waals surface area contributed by atoms with E-state index in [1.165, 1.54) is 0 Å².